The highest BCUT2D eigenvalue weighted by Gasteiger charge is 2.44. The number of anilines is 1. The minimum atomic E-state index is -0.677. The number of aryl methyl sites for hydroxylation is 1. The Morgan fingerprint density at radius 3 is 2.79 bits per heavy atom. The van der Waals surface area contributed by atoms with Crippen LogP contribution in [0.4, 0.5) is 5.69 Å². The van der Waals surface area contributed by atoms with E-state index in [-0.39, 0.29) is 0 Å². The number of hydrogen-bond acceptors (Lipinski definition) is 2. The number of H-pyrrole nitrogens is 1. The molecule has 1 heterocycles. The summed E-state index contributed by atoms with van der Waals surface area (Å²) in [5, 5.41) is 13.8. The summed E-state index contributed by atoms with van der Waals surface area (Å²) in [6.45, 7) is 2.52. The van der Waals surface area contributed by atoms with E-state index in [0.717, 1.165) is 41.5 Å². The summed E-state index contributed by atoms with van der Waals surface area (Å²) in [5.74, 6) is -0.677. The first-order valence-electron chi connectivity index (χ1n) is 6.67. The minimum Gasteiger partial charge on any atom is -0.481 e. The number of nitrogens with one attached hydrogen (secondary N) is 2. The monoisotopic (exact) mass is 258 g/mol. The summed E-state index contributed by atoms with van der Waals surface area (Å²) in [4.78, 5) is 14.7. The van der Waals surface area contributed by atoms with E-state index in [4.69, 9.17) is 0 Å². The van der Waals surface area contributed by atoms with E-state index < -0.39 is 11.4 Å². The third-order valence-corrected chi connectivity index (χ3v) is 4.26. The standard InChI is InChI=1S/C15H18N2O2/c1-10-13(11-5-2-3-6-12(11)17-10)16-9-15(14(18)19)7-4-8-15/h2-3,5-6,16-17H,4,7-9H2,1H3,(H,18,19). The van der Waals surface area contributed by atoms with Crippen molar-refractivity contribution in [3.8, 4) is 0 Å². The number of aliphatic carboxylic acids is 1. The Balaban J connectivity index is 1.86. The number of para-hydroxylation sites is 1. The van der Waals surface area contributed by atoms with Gasteiger partial charge in [0.2, 0.25) is 0 Å². The second-order valence-corrected chi connectivity index (χ2v) is 5.46. The van der Waals surface area contributed by atoms with Crippen LogP contribution in [0.2, 0.25) is 0 Å². The SMILES string of the molecule is Cc1[nH]c2ccccc2c1NCC1(C(=O)O)CCC1. The predicted octanol–water partition coefficient (Wildman–Crippen LogP) is 3.14. The lowest BCUT2D eigenvalue weighted by Gasteiger charge is -2.37. The fraction of sp³-hybridized carbons (Fsp3) is 0.400. The fourth-order valence-corrected chi connectivity index (χ4v) is 2.83. The van der Waals surface area contributed by atoms with Crippen LogP contribution >= 0.6 is 0 Å². The molecular weight excluding hydrogens is 240 g/mol. The van der Waals surface area contributed by atoms with E-state index in [2.05, 4.69) is 16.4 Å². The van der Waals surface area contributed by atoms with Crippen molar-refractivity contribution in [2.45, 2.75) is 26.2 Å². The van der Waals surface area contributed by atoms with Crippen molar-refractivity contribution in [3.05, 3.63) is 30.0 Å². The average molecular weight is 258 g/mol. The maximum absolute atomic E-state index is 11.4. The number of fused-ring (bicyclic) bond motifs is 1. The Labute approximate surface area is 111 Å². The van der Waals surface area contributed by atoms with Crippen molar-refractivity contribution in [3.63, 3.8) is 0 Å². The maximum atomic E-state index is 11.4. The van der Waals surface area contributed by atoms with E-state index in [1.54, 1.807) is 0 Å². The zero-order valence-electron chi connectivity index (χ0n) is 11.0. The minimum absolute atomic E-state index is 0.505. The van der Waals surface area contributed by atoms with Gasteiger partial charge in [0.1, 0.15) is 0 Å². The van der Waals surface area contributed by atoms with Gasteiger partial charge < -0.3 is 15.4 Å². The quantitative estimate of drug-likeness (QED) is 0.789. The molecule has 0 unspecified atom stereocenters. The lowest BCUT2D eigenvalue weighted by atomic mass is 9.69. The molecule has 19 heavy (non-hydrogen) atoms. The average Bonchev–Trinajstić information content (AvgIpc) is 2.64. The largest absolute Gasteiger partial charge is 0.481 e. The van der Waals surface area contributed by atoms with E-state index in [9.17, 15) is 9.90 Å². The molecular formula is C15H18N2O2. The Hall–Kier alpha value is -1.97. The second kappa shape index (κ2) is 4.30. The maximum Gasteiger partial charge on any atom is 0.311 e. The van der Waals surface area contributed by atoms with Crippen molar-refractivity contribution in [2.24, 2.45) is 5.41 Å². The number of rotatable bonds is 4. The smallest absolute Gasteiger partial charge is 0.311 e. The Bertz CT molecular complexity index is 626. The van der Waals surface area contributed by atoms with Gasteiger partial charge in [0.15, 0.2) is 0 Å². The van der Waals surface area contributed by atoms with Crippen molar-refractivity contribution in [1.82, 2.24) is 4.98 Å². The lowest BCUT2D eigenvalue weighted by molar-refractivity contribution is -0.153. The van der Waals surface area contributed by atoms with Gasteiger partial charge in [0, 0.05) is 23.1 Å². The van der Waals surface area contributed by atoms with Gasteiger partial charge in [0.05, 0.1) is 11.1 Å². The van der Waals surface area contributed by atoms with Crippen LogP contribution in [0.25, 0.3) is 10.9 Å². The molecule has 0 amide bonds. The predicted molar refractivity (Wildman–Crippen MR) is 75.4 cm³/mol. The van der Waals surface area contributed by atoms with Crippen molar-refractivity contribution in [1.29, 1.82) is 0 Å². The number of carboxylic acid groups (broad SMARTS) is 1. The van der Waals surface area contributed by atoms with Gasteiger partial charge in [-0.05, 0) is 25.8 Å². The summed E-state index contributed by atoms with van der Waals surface area (Å²) in [6, 6.07) is 8.07. The zero-order valence-corrected chi connectivity index (χ0v) is 11.0. The van der Waals surface area contributed by atoms with Crippen molar-refractivity contribution < 1.29 is 9.90 Å². The summed E-state index contributed by atoms with van der Waals surface area (Å²) in [6.07, 6.45) is 2.56. The molecule has 0 aliphatic heterocycles. The van der Waals surface area contributed by atoms with Gasteiger partial charge in [0.25, 0.3) is 0 Å². The zero-order chi connectivity index (χ0) is 13.5. The van der Waals surface area contributed by atoms with Gasteiger partial charge in [-0.2, -0.15) is 0 Å². The molecule has 1 aromatic heterocycles. The molecule has 4 heteroatoms. The van der Waals surface area contributed by atoms with Gasteiger partial charge >= 0.3 is 5.97 Å². The third-order valence-electron chi connectivity index (χ3n) is 4.26. The van der Waals surface area contributed by atoms with Gasteiger partial charge in [-0.1, -0.05) is 24.6 Å². The van der Waals surface area contributed by atoms with E-state index in [1.165, 1.54) is 0 Å². The molecule has 0 atom stereocenters. The molecule has 1 aliphatic carbocycles. The highest BCUT2D eigenvalue weighted by Crippen LogP contribution is 2.41. The Morgan fingerprint density at radius 2 is 2.16 bits per heavy atom. The first kappa shape index (κ1) is 12.1. The van der Waals surface area contributed by atoms with Crippen LogP contribution in [-0.2, 0) is 4.79 Å². The first-order chi connectivity index (χ1) is 9.12. The molecule has 2 aromatic rings. The van der Waals surface area contributed by atoms with Crippen molar-refractivity contribution in [2.75, 3.05) is 11.9 Å². The van der Waals surface area contributed by atoms with Crippen molar-refractivity contribution >= 4 is 22.6 Å². The van der Waals surface area contributed by atoms with Gasteiger partial charge in [-0.3, -0.25) is 4.79 Å². The van der Waals surface area contributed by atoms with Gasteiger partial charge in [-0.15, -0.1) is 0 Å². The molecule has 1 aromatic carbocycles. The van der Waals surface area contributed by atoms with Gasteiger partial charge in [-0.25, -0.2) is 0 Å². The lowest BCUT2D eigenvalue weighted by Crippen LogP contribution is -2.43. The highest BCUT2D eigenvalue weighted by molar-refractivity contribution is 5.94. The molecule has 100 valence electrons. The molecule has 0 radical (unpaired) electrons. The summed E-state index contributed by atoms with van der Waals surface area (Å²) >= 11 is 0. The first-order valence-corrected chi connectivity index (χ1v) is 6.67. The summed E-state index contributed by atoms with van der Waals surface area (Å²) in [7, 11) is 0. The van der Waals surface area contributed by atoms with Crippen LogP contribution in [0.3, 0.4) is 0 Å². The number of aromatic nitrogens is 1. The molecule has 1 saturated carbocycles. The summed E-state index contributed by atoms with van der Waals surface area (Å²) < 4.78 is 0. The van der Waals surface area contributed by atoms with Crippen LogP contribution < -0.4 is 5.32 Å². The highest BCUT2D eigenvalue weighted by atomic mass is 16.4. The molecule has 1 fully saturated rings. The molecule has 0 spiro atoms. The normalized spacial score (nSPS) is 17.1. The molecule has 1 aliphatic rings. The number of aromatic amines is 1. The number of carbonyl (C=O) groups is 1. The van der Waals surface area contributed by atoms with E-state index >= 15 is 0 Å². The van der Waals surface area contributed by atoms with Crippen LogP contribution in [0.1, 0.15) is 25.0 Å². The fourth-order valence-electron chi connectivity index (χ4n) is 2.83. The molecule has 0 saturated heterocycles. The third kappa shape index (κ3) is 1.87. The molecule has 3 rings (SSSR count). The van der Waals surface area contributed by atoms with Crippen LogP contribution in [0.5, 0.6) is 0 Å². The van der Waals surface area contributed by atoms with Crippen LogP contribution in [-0.4, -0.2) is 22.6 Å². The second-order valence-electron chi connectivity index (χ2n) is 5.46. The Kier molecular flexibility index (Phi) is 2.73. The van der Waals surface area contributed by atoms with Crippen LogP contribution in [0.15, 0.2) is 24.3 Å². The molecule has 3 N–H and O–H groups in total. The Morgan fingerprint density at radius 1 is 1.42 bits per heavy atom. The summed E-state index contributed by atoms with van der Waals surface area (Å²) in [5.41, 5.74) is 2.61. The number of carboxylic acids is 1. The molecule has 4 nitrogen and oxygen atoms in total. The van der Waals surface area contributed by atoms with E-state index in [1.807, 2.05) is 25.1 Å². The van der Waals surface area contributed by atoms with Crippen LogP contribution in [0, 0.1) is 12.3 Å². The number of hydrogen-bond donors (Lipinski definition) is 3. The van der Waals surface area contributed by atoms with E-state index in [0.29, 0.717) is 6.54 Å². The topological polar surface area (TPSA) is 65.1 Å². The molecule has 0 bridgehead atoms. The number of benzene rings is 1.